The number of amides is 1. The Hall–Kier alpha value is -3.25. The van der Waals surface area contributed by atoms with Crippen molar-refractivity contribution in [1.29, 1.82) is 0 Å². The second-order valence-corrected chi connectivity index (χ2v) is 12.2. The maximum atomic E-state index is 13.4. The van der Waals surface area contributed by atoms with Gasteiger partial charge in [0, 0.05) is 51.4 Å². The summed E-state index contributed by atoms with van der Waals surface area (Å²) in [6, 6.07) is 16.5. The van der Waals surface area contributed by atoms with Gasteiger partial charge in [-0.3, -0.25) is 19.4 Å². The summed E-state index contributed by atoms with van der Waals surface area (Å²) in [5.74, 6) is 0.255. The molecule has 2 atom stereocenters. The average molecular weight is 568 g/mol. The van der Waals surface area contributed by atoms with Gasteiger partial charge in [0.2, 0.25) is 0 Å². The van der Waals surface area contributed by atoms with Crippen molar-refractivity contribution in [2.75, 3.05) is 51.1 Å². The molecule has 2 fully saturated rings. The normalized spacial score (nSPS) is 19.4. The molecule has 1 amide bonds. The number of pyridine rings is 1. The molecular weight excluding hydrogens is 530 g/mol. The quantitative estimate of drug-likeness (QED) is 0.387. The molecule has 0 unspecified atom stereocenters. The molecule has 3 aromatic rings. The van der Waals surface area contributed by atoms with Gasteiger partial charge < -0.3 is 14.7 Å². The van der Waals surface area contributed by atoms with Gasteiger partial charge in [0.15, 0.2) is 6.61 Å². The number of anilines is 1. The number of benzene rings is 2. The topological polar surface area (TPSA) is 115 Å². The van der Waals surface area contributed by atoms with Crippen molar-refractivity contribution in [3.05, 3.63) is 66.4 Å². The van der Waals surface area contributed by atoms with Crippen molar-refractivity contribution in [3.63, 3.8) is 0 Å². The highest BCUT2D eigenvalue weighted by atomic mass is 32.2. The highest BCUT2D eigenvalue weighted by molar-refractivity contribution is 7.90. The number of rotatable bonds is 10. The molecule has 2 aliphatic heterocycles. The highest BCUT2D eigenvalue weighted by Gasteiger charge is 2.29. The van der Waals surface area contributed by atoms with E-state index in [4.69, 9.17) is 4.74 Å². The van der Waals surface area contributed by atoms with Gasteiger partial charge in [-0.15, -0.1) is 0 Å². The molecule has 5 rings (SSSR count). The maximum Gasteiger partial charge on any atom is 0.301 e. The van der Waals surface area contributed by atoms with Crippen molar-refractivity contribution in [2.24, 2.45) is 0 Å². The van der Waals surface area contributed by atoms with Crippen LogP contribution in [-0.2, 0) is 15.0 Å². The number of likely N-dealkylation sites (tertiary alicyclic amines) is 1. The van der Waals surface area contributed by atoms with Crippen LogP contribution >= 0.6 is 0 Å². The summed E-state index contributed by atoms with van der Waals surface area (Å²) in [6.45, 7) is 2.80. The zero-order chi connectivity index (χ0) is 28.1. The van der Waals surface area contributed by atoms with Crippen LogP contribution in [0.1, 0.15) is 37.3 Å². The van der Waals surface area contributed by atoms with Gasteiger partial charge in [-0.05, 0) is 49.1 Å². The predicted octanol–water partition coefficient (Wildman–Crippen LogP) is 3.02. The van der Waals surface area contributed by atoms with E-state index < -0.39 is 10.2 Å². The fraction of sp³-hybridized carbons (Fsp3) is 0.448. The van der Waals surface area contributed by atoms with E-state index >= 15 is 0 Å². The lowest BCUT2D eigenvalue weighted by molar-refractivity contribution is -0.134. The van der Waals surface area contributed by atoms with Gasteiger partial charge >= 0.3 is 10.2 Å². The first-order chi connectivity index (χ1) is 19.3. The largest absolute Gasteiger partial charge is 0.483 e. The second-order valence-electron chi connectivity index (χ2n) is 10.5. The summed E-state index contributed by atoms with van der Waals surface area (Å²) in [5, 5.41) is 10.6. The SMILES string of the molecule is CN(C(=O)COc1ccc(NS(=O)(=O)N2CCCCC2)c2ncccc12)[C@H](CN1CC[C@H](O)C1)c1ccccc1. The molecule has 0 bridgehead atoms. The zero-order valence-corrected chi connectivity index (χ0v) is 23.6. The van der Waals surface area contributed by atoms with Gasteiger partial charge in [-0.1, -0.05) is 36.8 Å². The lowest BCUT2D eigenvalue weighted by Crippen LogP contribution is -2.40. The van der Waals surface area contributed by atoms with Crippen LogP contribution in [-0.4, -0.2) is 91.0 Å². The molecule has 214 valence electrons. The molecule has 0 radical (unpaired) electrons. The van der Waals surface area contributed by atoms with E-state index in [1.807, 2.05) is 30.3 Å². The molecule has 40 heavy (non-hydrogen) atoms. The first kappa shape index (κ1) is 28.3. The minimum atomic E-state index is -3.71. The number of hydrogen-bond acceptors (Lipinski definition) is 7. The Morgan fingerprint density at radius 3 is 2.60 bits per heavy atom. The van der Waals surface area contributed by atoms with Crippen LogP contribution < -0.4 is 9.46 Å². The summed E-state index contributed by atoms with van der Waals surface area (Å²) in [4.78, 5) is 21.6. The van der Waals surface area contributed by atoms with Crippen LogP contribution in [0.2, 0.25) is 0 Å². The summed E-state index contributed by atoms with van der Waals surface area (Å²) in [6.07, 6.45) is 4.72. The number of aliphatic hydroxyl groups is 1. The number of carbonyl (C=O) groups is 1. The van der Waals surface area contributed by atoms with Crippen LogP contribution in [0, 0.1) is 0 Å². The fourth-order valence-corrected chi connectivity index (χ4v) is 6.74. The molecule has 2 aromatic carbocycles. The summed E-state index contributed by atoms with van der Waals surface area (Å²) in [5.41, 5.74) is 1.84. The lowest BCUT2D eigenvalue weighted by Gasteiger charge is -2.32. The van der Waals surface area contributed by atoms with E-state index in [0.29, 0.717) is 48.5 Å². The molecule has 3 heterocycles. The lowest BCUT2D eigenvalue weighted by atomic mass is 10.0. The molecule has 1 aromatic heterocycles. The smallest absolute Gasteiger partial charge is 0.301 e. The third-order valence-electron chi connectivity index (χ3n) is 7.70. The van der Waals surface area contributed by atoms with Crippen molar-refractivity contribution in [2.45, 2.75) is 37.8 Å². The number of hydrogen-bond donors (Lipinski definition) is 2. The third kappa shape index (κ3) is 6.55. The average Bonchev–Trinajstić information content (AvgIpc) is 3.40. The molecule has 0 aliphatic carbocycles. The van der Waals surface area contributed by atoms with E-state index in [-0.39, 0.29) is 24.7 Å². The van der Waals surface area contributed by atoms with Gasteiger partial charge in [0.05, 0.1) is 23.3 Å². The predicted molar refractivity (Wildman–Crippen MR) is 154 cm³/mol. The fourth-order valence-electron chi connectivity index (χ4n) is 5.43. The number of fused-ring (bicyclic) bond motifs is 1. The van der Waals surface area contributed by atoms with Gasteiger partial charge in [-0.2, -0.15) is 12.7 Å². The summed E-state index contributed by atoms with van der Waals surface area (Å²) in [7, 11) is -1.93. The maximum absolute atomic E-state index is 13.4. The number of carbonyl (C=O) groups excluding carboxylic acids is 1. The number of ether oxygens (including phenoxy) is 1. The Balaban J connectivity index is 1.30. The van der Waals surface area contributed by atoms with Crippen LogP contribution in [0.4, 0.5) is 5.69 Å². The molecule has 11 heteroatoms. The van der Waals surface area contributed by atoms with E-state index in [1.54, 1.807) is 42.4 Å². The van der Waals surface area contributed by atoms with E-state index in [9.17, 15) is 18.3 Å². The Morgan fingerprint density at radius 1 is 1.10 bits per heavy atom. The number of likely N-dealkylation sites (N-methyl/N-ethyl adjacent to an activating group) is 1. The van der Waals surface area contributed by atoms with E-state index in [2.05, 4.69) is 14.6 Å². The van der Waals surface area contributed by atoms with Crippen molar-refractivity contribution in [3.8, 4) is 5.75 Å². The Kier molecular flexibility index (Phi) is 8.84. The molecular formula is C29H37N5O5S. The molecule has 0 saturated carbocycles. The van der Waals surface area contributed by atoms with Gasteiger partial charge in [0.25, 0.3) is 5.91 Å². The van der Waals surface area contributed by atoms with Crippen LogP contribution in [0.15, 0.2) is 60.8 Å². The minimum absolute atomic E-state index is 0.189. The molecule has 0 spiro atoms. The number of aliphatic hydroxyl groups excluding tert-OH is 1. The van der Waals surface area contributed by atoms with Crippen molar-refractivity contribution < 1.29 is 23.1 Å². The van der Waals surface area contributed by atoms with E-state index in [1.165, 1.54) is 4.31 Å². The third-order valence-corrected chi connectivity index (χ3v) is 9.22. The zero-order valence-electron chi connectivity index (χ0n) is 22.8. The van der Waals surface area contributed by atoms with Crippen molar-refractivity contribution in [1.82, 2.24) is 19.1 Å². The number of nitrogens with one attached hydrogen (secondary N) is 1. The number of aromatic nitrogens is 1. The van der Waals surface area contributed by atoms with E-state index in [0.717, 1.165) is 37.8 Å². The molecule has 2 aliphatic rings. The molecule has 2 saturated heterocycles. The number of nitrogens with zero attached hydrogens (tertiary/aromatic N) is 4. The standard InChI is InChI=1S/C29H37N5O5S/c1-32(26(22-9-4-2-5-10-22)20-33-18-14-23(35)19-33)28(36)21-39-27-13-12-25(29-24(27)11-8-15-30-29)31-40(37,38)34-16-6-3-7-17-34/h2,4-5,8-13,15,23,26,31,35H,3,6-7,14,16-21H2,1H3/t23-,26+/m0/s1. The minimum Gasteiger partial charge on any atom is -0.483 e. The number of β-amino-alcohol motifs (C(OH)–C–C–N with tert-alkyl or cyclic N) is 1. The number of piperidine rings is 1. The van der Waals surface area contributed by atoms with Gasteiger partial charge in [-0.25, -0.2) is 0 Å². The Bertz CT molecular complexity index is 1410. The summed E-state index contributed by atoms with van der Waals surface area (Å²) >= 11 is 0. The first-order valence-corrected chi connectivity index (χ1v) is 15.3. The van der Waals surface area contributed by atoms with Crippen molar-refractivity contribution >= 4 is 32.7 Å². The highest BCUT2D eigenvalue weighted by Crippen LogP contribution is 2.32. The van der Waals surface area contributed by atoms with Crippen LogP contribution in [0.25, 0.3) is 10.9 Å². The molecule has 2 N–H and O–H groups in total. The summed E-state index contributed by atoms with van der Waals surface area (Å²) < 4.78 is 36.1. The Morgan fingerprint density at radius 2 is 1.88 bits per heavy atom. The van der Waals surface area contributed by atoms with Gasteiger partial charge in [0.1, 0.15) is 5.75 Å². The Labute approximate surface area is 235 Å². The second kappa shape index (κ2) is 12.5. The molecule has 10 nitrogen and oxygen atoms in total. The first-order valence-electron chi connectivity index (χ1n) is 13.8. The van der Waals surface area contributed by atoms with Crippen LogP contribution in [0.5, 0.6) is 5.75 Å². The monoisotopic (exact) mass is 567 g/mol. The van der Waals surface area contributed by atoms with Crippen LogP contribution in [0.3, 0.4) is 0 Å².